The van der Waals surface area contributed by atoms with Crippen molar-refractivity contribution in [2.75, 3.05) is 18.1 Å². The smallest absolute Gasteiger partial charge is 0.105 e. The zero-order valence-corrected chi connectivity index (χ0v) is 13.6. The Kier molecular flexibility index (Phi) is 6.25. The quantitative estimate of drug-likeness (QED) is 0.776. The molecule has 0 saturated carbocycles. The maximum Gasteiger partial charge on any atom is 0.105 e. The maximum atomic E-state index is 11.2. The van der Waals surface area contributed by atoms with Crippen molar-refractivity contribution in [2.24, 2.45) is 5.73 Å². The summed E-state index contributed by atoms with van der Waals surface area (Å²) in [6.45, 7) is 2.78. The molecule has 0 bridgehead atoms. The molecule has 6 heteroatoms. The lowest BCUT2D eigenvalue weighted by Crippen LogP contribution is -2.15. The molecular formula is C12H17BrN2OS2. The third kappa shape index (κ3) is 4.66. The number of halogens is 1. The van der Waals surface area contributed by atoms with Crippen LogP contribution in [0.3, 0.4) is 0 Å². The summed E-state index contributed by atoms with van der Waals surface area (Å²) in [4.78, 5) is 0.378. The van der Waals surface area contributed by atoms with Crippen LogP contribution in [0.15, 0.2) is 22.7 Å². The summed E-state index contributed by atoms with van der Waals surface area (Å²) in [5.41, 5.74) is 7.41. The average Bonchev–Trinajstić information content (AvgIpc) is 2.28. The molecule has 3 N–H and O–H groups in total. The first-order chi connectivity index (χ1) is 8.41. The van der Waals surface area contributed by atoms with Gasteiger partial charge in [-0.25, -0.2) is 0 Å². The van der Waals surface area contributed by atoms with Crippen LogP contribution in [0.2, 0.25) is 0 Å². The second kappa shape index (κ2) is 7.21. The number of nitrogens with two attached hydrogens (primary N) is 1. The molecule has 0 aromatic heterocycles. The Hall–Kier alpha value is -0.460. The van der Waals surface area contributed by atoms with E-state index in [0.717, 1.165) is 28.7 Å². The first-order valence-electron chi connectivity index (χ1n) is 5.57. The molecule has 100 valence electrons. The zero-order chi connectivity index (χ0) is 13.7. The van der Waals surface area contributed by atoms with Gasteiger partial charge in [-0.05, 0) is 40.5 Å². The zero-order valence-electron chi connectivity index (χ0n) is 10.4. The average molecular weight is 349 g/mol. The van der Waals surface area contributed by atoms with Gasteiger partial charge in [0.25, 0.3) is 0 Å². The highest BCUT2D eigenvalue weighted by Gasteiger charge is 2.06. The molecule has 0 aliphatic heterocycles. The first-order valence-corrected chi connectivity index (χ1v) is 8.39. The SMILES string of the molecule is CC(CCNc1ccc(C(N)=S)c(Br)c1)S(C)=O. The predicted molar refractivity (Wildman–Crippen MR) is 86.7 cm³/mol. The molecule has 0 amide bonds. The molecule has 0 aliphatic carbocycles. The maximum absolute atomic E-state index is 11.2. The molecule has 3 nitrogen and oxygen atoms in total. The molecule has 0 fully saturated rings. The van der Waals surface area contributed by atoms with Crippen molar-refractivity contribution < 1.29 is 4.21 Å². The summed E-state index contributed by atoms with van der Waals surface area (Å²) in [7, 11) is -0.765. The summed E-state index contributed by atoms with van der Waals surface area (Å²) < 4.78 is 12.1. The minimum Gasteiger partial charge on any atom is -0.389 e. The lowest BCUT2D eigenvalue weighted by atomic mass is 10.2. The largest absolute Gasteiger partial charge is 0.389 e. The lowest BCUT2D eigenvalue weighted by Gasteiger charge is -2.11. The van der Waals surface area contributed by atoms with Crippen LogP contribution in [0.1, 0.15) is 18.9 Å². The van der Waals surface area contributed by atoms with Gasteiger partial charge in [0.05, 0.1) is 0 Å². The van der Waals surface area contributed by atoms with Crippen LogP contribution in [0.5, 0.6) is 0 Å². The fourth-order valence-electron chi connectivity index (χ4n) is 1.41. The topological polar surface area (TPSA) is 55.1 Å². The van der Waals surface area contributed by atoms with Crippen LogP contribution in [-0.4, -0.2) is 27.2 Å². The van der Waals surface area contributed by atoms with Crippen LogP contribution in [0.25, 0.3) is 0 Å². The van der Waals surface area contributed by atoms with Crippen molar-refractivity contribution in [3.63, 3.8) is 0 Å². The van der Waals surface area contributed by atoms with Gasteiger partial charge in [-0.3, -0.25) is 4.21 Å². The number of hydrogen-bond acceptors (Lipinski definition) is 3. The van der Waals surface area contributed by atoms with Crippen molar-refractivity contribution >= 4 is 49.6 Å². The standard InChI is InChI=1S/C12H17BrN2OS2/c1-8(18(2)16)5-6-15-9-3-4-10(12(14)17)11(13)7-9/h3-4,7-8,15H,5-6H2,1-2H3,(H2,14,17). The van der Waals surface area contributed by atoms with Gasteiger partial charge in [-0.1, -0.05) is 19.1 Å². The fraction of sp³-hybridized carbons (Fsp3) is 0.417. The molecule has 1 aromatic carbocycles. The number of anilines is 1. The minimum atomic E-state index is -0.765. The van der Waals surface area contributed by atoms with Gasteiger partial charge in [0.1, 0.15) is 4.99 Å². The Balaban J connectivity index is 2.56. The number of benzene rings is 1. The van der Waals surface area contributed by atoms with Gasteiger partial charge in [0.2, 0.25) is 0 Å². The first kappa shape index (κ1) is 15.6. The third-order valence-electron chi connectivity index (χ3n) is 2.68. The molecule has 1 aromatic rings. The van der Waals surface area contributed by atoms with E-state index in [4.69, 9.17) is 18.0 Å². The molecule has 1 rings (SSSR count). The highest BCUT2D eigenvalue weighted by molar-refractivity contribution is 9.10. The molecule has 2 atom stereocenters. The number of rotatable bonds is 6. The van der Waals surface area contributed by atoms with Crippen LogP contribution >= 0.6 is 28.1 Å². The molecule has 18 heavy (non-hydrogen) atoms. The van der Waals surface area contributed by atoms with Crippen molar-refractivity contribution in [1.82, 2.24) is 0 Å². The highest BCUT2D eigenvalue weighted by atomic mass is 79.9. The number of hydrogen-bond donors (Lipinski definition) is 2. The van der Waals surface area contributed by atoms with E-state index in [1.807, 2.05) is 25.1 Å². The molecule has 2 unspecified atom stereocenters. The Morgan fingerprint density at radius 3 is 2.78 bits per heavy atom. The van der Waals surface area contributed by atoms with E-state index in [-0.39, 0.29) is 5.25 Å². The van der Waals surface area contributed by atoms with E-state index in [0.29, 0.717) is 4.99 Å². The van der Waals surface area contributed by atoms with Crippen LogP contribution in [0.4, 0.5) is 5.69 Å². The van der Waals surface area contributed by atoms with Gasteiger partial charge in [-0.15, -0.1) is 0 Å². The highest BCUT2D eigenvalue weighted by Crippen LogP contribution is 2.21. The second-order valence-electron chi connectivity index (χ2n) is 4.08. The van der Waals surface area contributed by atoms with Crippen LogP contribution in [0, 0.1) is 0 Å². The normalized spacial score (nSPS) is 13.9. The van der Waals surface area contributed by atoms with E-state index >= 15 is 0 Å². The van der Waals surface area contributed by atoms with Crippen LogP contribution in [-0.2, 0) is 10.8 Å². The Morgan fingerprint density at radius 2 is 2.28 bits per heavy atom. The number of nitrogens with one attached hydrogen (secondary N) is 1. The predicted octanol–water partition coefficient (Wildman–Crippen LogP) is 2.65. The van der Waals surface area contributed by atoms with Crippen molar-refractivity contribution in [2.45, 2.75) is 18.6 Å². The Morgan fingerprint density at radius 1 is 1.61 bits per heavy atom. The molecule has 0 radical (unpaired) electrons. The summed E-state index contributed by atoms with van der Waals surface area (Å²) >= 11 is 8.37. The summed E-state index contributed by atoms with van der Waals surface area (Å²) in [6.07, 6.45) is 2.61. The van der Waals surface area contributed by atoms with Gasteiger partial charge in [0, 0.05) is 44.6 Å². The summed E-state index contributed by atoms with van der Waals surface area (Å²) in [5, 5.41) is 3.49. The molecule has 0 spiro atoms. The van der Waals surface area contributed by atoms with E-state index in [1.165, 1.54) is 0 Å². The van der Waals surface area contributed by atoms with Crippen molar-refractivity contribution in [3.05, 3.63) is 28.2 Å². The van der Waals surface area contributed by atoms with Crippen molar-refractivity contribution in [3.8, 4) is 0 Å². The molecular weight excluding hydrogens is 332 g/mol. The second-order valence-corrected chi connectivity index (χ2v) is 7.18. The Bertz CT molecular complexity index is 465. The monoisotopic (exact) mass is 348 g/mol. The molecule has 0 aliphatic rings. The van der Waals surface area contributed by atoms with Crippen molar-refractivity contribution in [1.29, 1.82) is 0 Å². The van der Waals surface area contributed by atoms with Gasteiger partial charge >= 0.3 is 0 Å². The summed E-state index contributed by atoms with van der Waals surface area (Å²) in [6, 6.07) is 5.77. The fourth-order valence-corrected chi connectivity index (χ4v) is 2.76. The summed E-state index contributed by atoms with van der Waals surface area (Å²) in [5.74, 6) is 0. The molecule has 0 saturated heterocycles. The van der Waals surface area contributed by atoms with E-state index in [2.05, 4.69) is 21.2 Å². The lowest BCUT2D eigenvalue weighted by molar-refractivity contribution is 0.672. The molecule has 0 heterocycles. The minimum absolute atomic E-state index is 0.205. The van der Waals surface area contributed by atoms with Gasteiger partial charge in [0.15, 0.2) is 0 Å². The van der Waals surface area contributed by atoms with Gasteiger partial charge < -0.3 is 11.1 Å². The van der Waals surface area contributed by atoms with E-state index < -0.39 is 10.8 Å². The van der Waals surface area contributed by atoms with E-state index in [9.17, 15) is 4.21 Å². The third-order valence-corrected chi connectivity index (χ3v) is 4.93. The Labute approximate surface area is 124 Å². The van der Waals surface area contributed by atoms with E-state index in [1.54, 1.807) is 6.26 Å². The number of thiocarbonyl (C=S) groups is 1. The van der Waals surface area contributed by atoms with Crippen LogP contribution < -0.4 is 11.1 Å². The van der Waals surface area contributed by atoms with Gasteiger partial charge in [-0.2, -0.15) is 0 Å².